The van der Waals surface area contributed by atoms with E-state index in [1.165, 1.54) is 0 Å². The van der Waals surface area contributed by atoms with Crippen LogP contribution >= 0.6 is 0 Å². The number of rotatable bonds is 4. The largest absolute Gasteiger partial charge is 0.364 e. The van der Waals surface area contributed by atoms with Crippen molar-refractivity contribution in [3.05, 3.63) is 37.1 Å². The summed E-state index contributed by atoms with van der Waals surface area (Å²) >= 11 is 0. The number of hydrogen-bond acceptors (Lipinski definition) is 4. The fourth-order valence-corrected chi connectivity index (χ4v) is 1.39. The van der Waals surface area contributed by atoms with Crippen LogP contribution in [0, 0.1) is 0 Å². The number of nitrogens with zero attached hydrogens (tertiary/aromatic N) is 4. The number of hydrogen-bond donors (Lipinski definition) is 1. The molecule has 0 saturated heterocycles. The minimum Gasteiger partial charge on any atom is -0.364 e. The summed E-state index contributed by atoms with van der Waals surface area (Å²) in [5.74, 6) is 0.796. The van der Waals surface area contributed by atoms with Crippen molar-refractivity contribution in [2.45, 2.75) is 19.5 Å². The van der Waals surface area contributed by atoms with E-state index in [0.29, 0.717) is 0 Å². The minimum absolute atomic E-state index is 0.288. The standard InChI is InChI=1S/C10H13N5/c1-9(7-15-6-5-11-8-15)13-10-3-2-4-12-14-10/h2-6,8-9H,7H2,1H3,(H,13,14). The molecule has 0 saturated carbocycles. The molecule has 78 valence electrons. The van der Waals surface area contributed by atoms with Gasteiger partial charge in [-0.15, -0.1) is 5.10 Å². The quantitative estimate of drug-likeness (QED) is 0.810. The molecule has 0 amide bonds. The smallest absolute Gasteiger partial charge is 0.148 e. The first kappa shape index (κ1) is 9.64. The lowest BCUT2D eigenvalue weighted by Crippen LogP contribution is -2.21. The third-order valence-corrected chi connectivity index (χ3v) is 2.01. The first-order valence-electron chi connectivity index (χ1n) is 4.84. The summed E-state index contributed by atoms with van der Waals surface area (Å²) in [4.78, 5) is 3.99. The summed E-state index contributed by atoms with van der Waals surface area (Å²) in [6, 6.07) is 4.05. The zero-order valence-electron chi connectivity index (χ0n) is 8.54. The number of anilines is 1. The third-order valence-electron chi connectivity index (χ3n) is 2.01. The van der Waals surface area contributed by atoms with Gasteiger partial charge in [0.05, 0.1) is 6.33 Å². The zero-order valence-corrected chi connectivity index (χ0v) is 8.54. The van der Waals surface area contributed by atoms with Crippen molar-refractivity contribution in [1.29, 1.82) is 0 Å². The van der Waals surface area contributed by atoms with Crippen molar-refractivity contribution in [2.24, 2.45) is 0 Å². The van der Waals surface area contributed by atoms with E-state index in [0.717, 1.165) is 12.4 Å². The van der Waals surface area contributed by atoms with Crippen LogP contribution < -0.4 is 5.32 Å². The summed E-state index contributed by atoms with van der Waals surface area (Å²) in [5.41, 5.74) is 0. The van der Waals surface area contributed by atoms with Crippen LogP contribution in [0.25, 0.3) is 0 Å². The molecule has 1 atom stereocenters. The second-order valence-corrected chi connectivity index (χ2v) is 3.41. The number of aromatic nitrogens is 4. The maximum absolute atomic E-state index is 3.99. The van der Waals surface area contributed by atoms with E-state index in [1.54, 1.807) is 18.7 Å². The number of nitrogens with one attached hydrogen (secondary N) is 1. The van der Waals surface area contributed by atoms with Crippen LogP contribution in [0.15, 0.2) is 37.1 Å². The molecular weight excluding hydrogens is 190 g/mol. The van der Waals surface area contributed by atoms with Crippen LogP contribution in [0.4, 0.5) is 5.82 Å². The van der Waals surface area contributed by atoms with E-state index in [2.05, 4.69) is 27.4 Å². The highest BCUT2D eigenvalue weighted by Crippen LogP contribution is 2.02. The van der Waals surface area contributed by atoms with Crippen molar-refractivity contribution in [2.75, 3.05) is 5.32 Å². The summed E-state index contributed by atoms with van der Waals surface area (Å²) < 4.78 is 2.02. The highest BCUT2D eigenvalue weighted by atomic mass is 15.2. The average Bonchev–Trinajstić information content (AvgIpc) is 2.71. The highest BCUT2D eigenvalue weighted by molar-refractivity contribution is 5.32. The average molecular weight is 203 g/mol. The summed E-state index contributed by atoms with van der Waals surface area (Å²) in [6.07, 6.45) is 7.17. The minimum atomic E-state index is 0.288. The molecule has 0 bridgehead atoms. The molecule has 0 aliphatic carbocycles. The van der Waals surface area contributed by atoms with E-state index >= 15 is 0 Å². The van der Waals surface area contributed by atoms with Gasteiger partial charge in [0, 0.05) is 31.2 Å². The molecule has 5 heteroatoms. The SMILES string of the molecule is CC(Cn1ccnc1)Nc1cccnn1. The Hall–Kier alpha value is -1.91. The molecule has 2 aromatic heterocycles. The van der Waals surface area contributed by atoms with Crippen molar-refractivity contribution >= 4 is 5.82 Å². The van der Waals surface area contributed by atoms with E-state index in [9.17, 15) is 0 Å². The monoisotopic (exact) mass is 203 g/mol. The zero-order chi connectivity index (χ0) is 10.5. The fourth-order valence-electron chi connectivity index (χ4n) is 1.39. The van der Waals surface area contributed by atoms with Crippen LogP contribution in [-0.2, 0) is 6.54 Å². The Labute approximate surface area is 88.2 Å². The van der Waals surface area contributed by atoms with Crippen LogP contribution in [0.2, 0.25) is 0 Å². The van der Waals surface area contributed by atoms with Gasteiger partial charge in [0.25, 0.3) is 0 Å². The topological polar surface area (TPSA) is 55.6 Å². The highest BCUT2D eigenvalue weighted by Gasteiger charge is 2.02. The van der Waals surface area contributed by atoms with Crippen LogP contribution in [0.3, 0.4) is 0 Å². The molecule has 2 heterocycles. The predicted molar refractivity (Wildman–Crippen MR) is 57.3 cm³/mol. The second-order valence-electron chi connectivity index (χ2n) is 3.41. The molecule has 0 aromatic carbocycles. The summed E-state index contributed by atoms with van der Waals surface area (Å²) in [7, 11) is 0. The van der Waals surface area contributed by atoms with Crippen molar-refractivity contribution < 1.29 is 0 Å². The number of imidazole rings is 1. The summed E-state index contributed by atoms with van der Waals surface area (Å²) in [6.45, 7) is 2.95. The molecule has 0 aliphatic heterocycles. The van der Waals surface area contributed by atoms with Crippen molar-refractivity contribution in [3.8, 4) is 0 Å². The molecule has 1 N–H and O–H groups in total. The van der Waals surface area contributed by atoms with Crippen LogP contribution in [0.5, 0.6) is 0 Å². The first-order valence-corrected chi connectivity index (χ1v) is 4.84. The Balaban J connectivity index is 1.90. The molecule has 1 unspecified atom stereocenters. The molecule has 15 heavy (non-hydrogen) atoms. The van der Waals surface area contributed by atoms with Gasteiger partial charge in [-0.3, -0.25) is 0 Å². The Morgan fingerprint density at radius 2 is 2.40 bits per heavy atom. The van der Waals surface area contributed by atoms with Gasteiger partial charge in [0.2, 0.25) is 0 Å². The van der Waals surface area contributed by atoms with Gasteiger partial charge in [0.1, 0.15) is 5.82 Å². The Morgan fingerprint density at radius 1 is 1.47 bits per heavy atom. The van der Waals surface area contributed by atoms with Crippen LogP contribution in [-0.4, -0.2) is 25.8 Å². The summed E-state index contributed by atoms with van der Waals surface area (Å²) in [5, 5.41) is 11.0. The van der Waals surface area contributed by atoms with Crippen molar-refractivity contribution in [3.63, 3.8) is 0 Å². The molecule has 0 fully saturated rings. The molecule has 0 spiro atoms. The lowest BCUT2D eigenvalue weighted by molar-refractivity contribution is 0.616. The molecule has 0 radical (unpaired) electrons. The Bertz CT molecular complexity index is 383. The van der Waals surface area contributed by atoms with E-state index in [1.807, 2.05) is 22.9 Å². The Morgan fingerprint density at radius 3 is 3.07 bits per heavy atom. The maximum Gasteiger partial charge on any atom is 0.148 e. The first-order chi connectivity index (χ1) is 7.34. The third kappa shape index (κ3) is 2.77. The van der Waals surface area contributed by atoms with E-state index < -0.39 is 0 Å². The molecule has 2 aromatic rings. The molecule has 5 nitrogen and oxygen atoms in total. The van der Waals surface area contributed by atoms with E-state index in [-0.39, 0.29) is 6.04 Å². The molecule has 2 rings (SSSR count). The second kappa shape index (κ2) is 4.54. The van der Waals surface area contributed by atoms with Gasteiger partial charge < -0.3 is 9.88 Å². The van der Waals surface area contributed by atoms with Crippen molar-refractivity contribution in [1.82, 2.24) is 19.7 Å². The predicted octanol–water partition coefficient (Wildman–Crippen LogP) is 1.17. The normalized spacial score (nSPS) is 12.3. The van der Waals surface area contributed by atoms with Gasteiger partial charge in [0.15, 0.2) is 0 Å². The van der Waals surface area contributed by atoms with Gasteiger partial charge in [-0.25, -0.2) is 4.98 Å². The Kier molecular flexibility index (Phi) is 2.92. The van der Waals surface area contributed by atoms with E-state index in [4.69, 9.17) is 0 Å². The van der Waals surface area contributed by atoms with Gasteiger partial charge in [-0.2, -0.15) is 5.10 Å². The molecule has 0 aliphatic rings. The lowest BCUT2D eigenvalue weighted by atomic mass is 10.3. The van der Waals surface area contributed by atoms with Gasteiger partial charge in [-0.05, 0) is 19.1 Å². The van der Waals surface area contributed by atoms with Crippen LogP contribution in [0.1, 0.15) is 6.92 Å². The van der Waals surface area contributed by atoms with Gasteiger partial charge in [-0.1, -0.05) is 0 Å². The molecular formula is C10H13N5. The van der Waals surface area contributed by atoms with Gasteiger partial charge >= 0.3 is 0 Å². The fraction of sp³-hybridized carbons (Fsp3) is 0.300. The lowest BCUT2D eigenvalue weighted by Gasteiger charge is -2.14. The maximum atomic E-state index is 3.99.